The summed E-state index contributed by atoms with van der Waals surface area (Å²) in [5.41, 5.74) is 1.61. The number of hydrogen-bond acceptors (Lipinski definition) is 5. The molecular formula is C19H21N7O. The molecule has 0 radical (unpaired) electrons. The first kappa shape index (κ1) is 17.1. The van der Waals surface area contributed by atoms with Gasteiger partial charge in [0, 0.05) is 25.9 Å². The Bertz CT molecular complexity index is 1140. The second-order valence-electron chi connectivity index (χ2n) is 6.50. The van der Waals surface area contributed by atoms with Crippen LogP contribution in [0.2, 0.25) is 0 Å². The lowest BCUT2D eigenvalue weighted by Gasteiger charge is -2.04. The number of unbranched alkanes of at least 4 members (excludes halogenated alkanes) is 2. The van der Waals surface area contributed by atoms with Crippen molar-refractivity contribution in [1.82, 2.24) is 33.9 Å². The molecule has 27 heavy (non-hydrogen) atoms. The van der Waals surface area contributed by atoms with E-state index in [1.54, 1.807) is 34.0 Å². The van der Waals surface area contributed by atoms with Crippen LogP contribution in [0.25, 0.3) is 22.7 Å². The maximum Gasteiger partial charge on any atom is 0.268 e. The highest BCUT2D eigenvalue weighted by atomic mass is 16.1. The van der Waals surface area contributed by atoms with Gasteiger partial charge in [-0.2, -0.15) is 10.2 Å². The third-order valence-electron chi connectivity index (χ3n) is 4.45. The molecule has 4 aromatic heterocycles. The maximum atomic E-state index is 13.0. The highest BCUT2D eigenvalue weighted by Crippen LogP contribution is 2.19. The molecule has 4 rings (SSSR count). The lowest BCUT2D eigenvalue weighted by Crippen LogP contribution is -2.18. The van der Waals surface area contributed by atoms with Crippen molar-refractivity contribution in [2.75, 3.05) is 0 Å². The van der Waals surface area contributed by atoms with Gasteiger partial charge in [-0.05, 0) is 18.6 Å². The summed E-state index contributed by atoms with van der Waals surface area (Å²) in [5, 5.41) is 8.85. The molecule has 0 atom stereocenters. The quantitative estimate of drug-likeness (QED) is 0.491. The van der Waals surface area contributed by atoms with Crippen LogP contribution in [0.4, 0.5) is 0 Å². The molecule has 0 N–H and O–H groups in total. The molecule has 8 heteroatoms. The molecule has 0 aliphatic rings. The highest BCUT2D eigenvalue weighted by molar-refractivity contribution is 5.57. The molecule has 0 bridgehead atoms. The molecule has 8 nitrogen and oxygen atoms in total. The summed E-state index contributed by atoms with van der Waals surface area (Å²) >= 11 is 0. The van der Waals surface area contributed by atoms with Crippen LogP contribution < -0.4 is 5.56 Å². The van der Waals surface area contributed by atoms with Crippen molar-refractivity contribution in [3.05, 3.63) is 59.2 Å². The molecule has 0 spiro atoms. The van der Waals surface area contributed by atoms with E-state index in [2.05, 4.69) is 27.1 Å². The lowest BCUT2D eigenvalue weighted by molar-refractivity contribution is 0.689. The van der Waals surface area contributed by atoms with Crippen molar-refractivity contribution in [3.63, 3.8) is 0 Å². The van der Waals surface area contributed by atoms with E-state index in [4.69, 9.17) is 0 Å². The van der Waals surface area contributed by atoms with Crippen molar-refractivity contribution >= 4 is 5.65 Å². The second kappa shape index (κ2) is 7.14. The normalized spacial score (nSPS) is 11.3. The summed E-state index contributed by atoms with van der Waals surface area (Å²) in [6, 6.07) is 5.46. The van der Waals surface area contributed by atoms with E-state index >= 15 is 0 Å². The van der Waals surface area contributed by atoms with Gasteiger partial charge in [0.25, 0.3) is 5.56 Å². The topological polar surface area (TPSA) is 82.9 Å². The first-order valence-electron chi connectivity index (χ1n) is 9.09. The third kappa shape index (κ3) is 3.25. The van der Waals surface area contributed by atoms with Gasteiger partial charge >= 0.3 is 0 Å². The Morgan fingerprint density at radius 3 is 2.81 bits per heavy atom. The van der Waals surface area contributed by atoms with E-state index in [0.717, 1.165) is 37.2 Å². The SMILES string of the molecule is CCCCCc1nc(-c2cnc3ccccn3c2=O)n(-c2cnn(C)c2)n1. The van der Waals surface area contributed by atoms with Crippen molar-refractivity contribution in [1.29, 1.82) is 0 Å². The minimum atomic E-state index is -0.168. The van der Waals surface area contributed by atoms with Gasteiger partial charge < -0.3 is 0 Å². The number of pyridine rings is 1. The molecule has 0 aromatic carbocycles. The molecule has 0 aliphatic heterocycles. The standard InChI is InChI=1S/C19H21N7O/c1-3-4-5-8-16-22-18(26(23-16)14-11-21-24(2)13-14)15-12-20-17-9-6-7-10-25(17)19(15)27/h6-7,9-13H,3-5,8H2,1-2H3. The summed E-state index contributed by atoms with van der Waals surface area (Å²) in [7, 11) is 1.84. The molecule has 4 aromatic rings. The van der Waals surface area contributed by atoms with Crippen LogP contribution in [-0.4, -0.2) is 33.9 Å². The van der Waals surface area contributed by atoms with Crippen LogP contribution in [0.15, 0.2) is 47.8 Å². The lowest BCUT2D eigenvalue weighted by atomic mass is 10.2. The van der Waals surface area contributed by atoms with E-state index in [1.165, 1.54) is 4.40 Å². The number of rotatable bonds is 6. The van der Waals surface area contributed by atoms with E-state index in [1.807, 2.05) is 25.4 Å². The van der Waals surface area contributed by atoms with Gasteiger partial charge in [0.05, 0.1) is 12.4 Å². The van der Waals surface area contributed by atoms with Crippen LogP contribution >= 0.6 is 0 Å². The van der Waals surface area contributed by atoms with Crippen LogP contribution in [0.1, 0.15) is 32.0 Å². The van der Waals surface area contributed by atoms with E-state index < -0.39 is 0 Å². The Hall–Kier alpha value is -3.29. The van der Waals surface area contributed by atoms with Gasteiger partial charge in [-0.3, -0.25) is 13.9 Å². The fourth-order valence-corrected chi connectivity index (χ4v) is 3.05. The van der Waals surface area contributed by atoms with E-state index in [-0.39, 0.29) is 5.56 Å². The Labute approximate surface area is 156 Å². The summed E-state index contributed by atoms with van der Waals surface area (Å²) in [6.45, 7) is 2.16. The van der Waals surface area contributed by atoms with Crippen LogP contribution in [0.5, 0.6) is 0 Å². The van der Waals surface area contributed by atoms with Gasteiger partial charge in [-0.25, -0.2) is 14.6 Å². The zero-order chi connectivity index (χ0) is 18.8. The van der Waals surface area contributed by atoms with E-state index in [9.17, 15) is 4.79 Å². The number of aromatic nitrogens is 7. The average molecular weight is 363 g/mol. The zero-order valence-electron chi connectivity index (χ0n) is 15.4. The van der Waals surface area contributed by atoms with Gasteiger partial charge in [0.2, 0.25) is 0 Å². The maximum absolute atomic E-state index is 13.0. The molecule has 138 valence electrons. The zero-order valence-corrected chi connectivity index (χ0v) is 15.4. The van der Waals surface area contributed by atoms with E-state index in [0.29, 0.717) is 17.0 Å². The molecule has 0 saturated carbocycles. The Balaban J connectivity index is 1.86. The number of fused-ring (bicyclic) bond motifs is 1. The van der Waals surface area contributed by atoms with Crippen LogP contribution in [-0.2, 0) is 13.5 Å². The first-order valence-corrected chi connectivity index (χ1v) is 9.09. The number of aryl methyl sites for hydroxylation is 2. The molecule has 0 fully saturated rings. The number of nitrogens with zero attached hydrogens (tertiary/aromatic N) is 7. The first-order chi connectivity index (χ1) is 13.2. The second-order valence-corrected chi connectivity index (χ2v) is 6.50. The molecule has 0 amide bonds. The van der Waals surface area contributed by atoms with Gasteiger partial charge in [0.15, 0.2) is 11.6 Å². The minimum Gasteiger partial charge on any atom is -0.274 e. The van der Waals surface area contributed by atoms with Gasteiger partial charge in [0.1, 0.15) is 16.9 Å². The van der Waals surface area contributed by atoms with Crippen molar-refractivity contribution in [2.45, 2.75) is 32.6 Å². The predicted octanol–water partition coefficient (Wildman–Crippen LogP) is 2.41. The number of hydrogen-bond donors (Lipinski definition) is 0. The van der Waals surface area contributed by atoms with Crippen molar-refractivity contribution < 1.29 is 0 Å². The van der Waals surface area contributed by atoms with Crippen molar-refractivity contribution in [2.24, 2.45) is 7.05 Å². The Kier molecular flexibility index (Phi) is 4.53. The summed E-state index contributed by atoms with van der Waals surface area (Å²) in [6.07, 6.45) is 10.9. The molecule has 0 unspecified atom stereocenters. The fraction of sp³-hybridized carbons (Fsp3) is 0.316. The van der Waals surface area contributed by atoms with Gasteiger partial charge in [-0.1, -0.05) is 25.8 Å². The fourth-order valence-electron chi connectivity index (χ4n) is 3.05. The molecule has 0 aliphatic carbocycles. The average Bonchev–Trinajstić information content (AvgIpc) is 3.29. The predicted molar refractivity (Wildman–Crippen MR) is 102 cm³/mol. The summed E-state index contributed by atoms with van der Waals surface area (Å²) < 4.78 is 4.90. The summed E-state index contributed by atoms with van der Waals surface area (Å²) in [5.74, 6) is 1.21. The monoisotopic (exact) mass is 363 g/mol. The molecule has 0 saturated heterocycles. The highest BCUT2D eigenvalue weighted by Gasteiger charge is 2.18. The summed E-state index contributed by atoms with van der Waals surface area (Å²) in [4.78, 5) is 22.1. The van der Waals surface area contributed by atoms with Crippen LogP contribution in [0.3, 0.4) is 0 Å². The molecule has 4 heterocycles. The van der Waals surface area contributed by atoms with Crippen molar-refractivity contribution in [3.8, 4) is 17.1 Å². The minimum absolute atomic E-state index is 0.168. The van der Waals surface area contributed by atoms with Gasteiger partial charge in [-0.15, -0.1) is 0 Å². The smallest absolute Gasteiger partial charge is 0.268 e. The molecular weight excluding hydrogens is 342 g/mol. The Morgan fingerprint density at radius 2 is 2.04 bits per heavy atom. The third-order valence-corrected chi connectivity index (χ3v) is 4.45. The largest absolute Gasteiger partial charge is 0.274 e. The van der Waals surface area contributed by atoms with Crippen LogP contribution in [0, 0.1) is 0 Å². The Morgan fingerprint density at radius 1 is 1.15 bits per heavy atom.